The second-order valence-electron chi connectivity index (χ2n) is 4.57. The van der Waals surface area contributed by atoms with E-state index >= 15 is 0 Å². The summed E-state index contributed by atoms with van der Waals surface area (Å²) < 4.78 is 0. The topological polar surface area (TPSA) is 38.0 Å². The molecule has 0 fully saturated rings. The summed E-state index contributed by atoms with van der Waals surface area (Å²) in [5.41, 5.74) is 7.02. The monoisotopic (exact) mass is 252 g/mol. The molecule has 0 radical (unpaired) electrons. The predicted octanol–water partition coefficient (Wildman–Crippen LogP) is 2.77. The Morgan fingerprint density at radius 3 is 2.59 bits per heavy atom. The summed E-state index contributed by atoms with van der Waals surface area (Å²) >= 11 is 5.87. The van der Waals surface area contributed by atoms with Gasteiger partial charge in [0.15, 0.2) is 0 Å². The van der Waals surface area contributed by atoms with E-state index in [-0.39, 0.29) is 5.54 Å². The minimum Gasteiger partial charge on any atom is -0.329 e. The molecule has 0 saturated carbocycles. The fourth-order valence-electron chi connectivity index (χ4n) is 1.74. The van der Waals surface area contributed by atoms with Gasteiger partial charge in [-0.25, -0.2) is 0 Å². The third-order valence-corrected chi connectivity index (χ3v) is 3.11. The van der Waals surface area contributed by atoms with Crippen LogP contribution >= 0.6 is 11.6 Å². The van der Waals surface area contributed by atoms with Crippen LogP contribution in [0.3, 0.4) is 0 Å². The molecule has 17 heavy (non-hydrogen) atoms. The number of benzene rings is 1. The minimum atomic E-state index is -0.0726. The molecule has 0 aliphatic carbocycles. The van der Waals surface area contributed by atoms with Gasteiger partial charge in [-0.1, -0.05) is 29.8 Å². The number of rotatable bonds is 7. The second kappa shape index (κ2) is 6.80. The fraction of sp³-hybridized carbons (Fsp3) is 0.429. The molecule has 0 heterocycles. The van der Waals surface area contributed by atoms with Crippen molar-refractivity contribution in [1.82, 2.24) is 5.32 Å². The van der Waals surface area contributed by atoms with Crippen molar-refractivity contribution in [1.29, 1.82) is 0 Å². The third kappa shape index (κ3) is 4.90. The summed E-state index contributed by atoms with van der Waals surface area (Å²) in [6.45, 7) is 7.37. The first-order valence-electron chi connectivity index (χ1n) is 5.90. The maximum absolute atomic E-state index is 5.87. The molecule has 0 aliphatic heterocycles. The van der Waals surface area contributed by atoms with Gasteiger partial charge in [0.1, 0.15) is 0 Å². The van der Waals surface area contributed by atoms with Gasteiger partial charge in [-0.15, -0.1) is 6.58 Å². The Hall–Kier alpha value is -0.830. The van der Waals surface area contributed by atoms with Crippen LogP contribution in [0, 0.1) is 0 Å². The molecule has 0 bridgehead atoms. The molecule has 3 heteroatoms. The summed E-state index contributed by atoms with van der Waals surface area (Å²) in [4.78, 5) is 0. The van der Waals surface area contributed by atoms with Gasteiger partial charge in [0.2, 0.25) is 0 Å². The molecule has 0 amide bonds. The van der Waals surface area contributed by atoms with Crippen molar-refractivity contribution in [3.8, 4) is 0 Å². The second-order valence-corrected chi connectivity index (χ2v) is 5.01. The maximum atomic E-state index is 5.87. The summed E-state index contributed by atoms with van der Waals surface area (Å²) in [7, 11) is 0. The molecule has 1 rings (SSSR count). The normalized spacial score (nSPS) is 14.3. The smallest absolute Gasteiger partial charge is 0.0406 e. The van der Waals surface area contributed by atoms with Crippen molar-refractivity contribution in [2.45, 2.75) is 25.3 Å². The molecule has 1 aromatic rings. The standard InChI is InChI=1S/C14H21ClN2/c1-3-4-9-17-14(2,11-16)10-12-5-7-13(15)8-6-12/h3,5-8,17H,1,4,9-11,16H2,2H3. The summed E-state index contributed by atoms with van der Waals surface area (Å²) in [6.07, 6.45) is 3.76. The molecule has 0 aromatic heterocycles. The largest absolute Gasteiger partial charge is 0.329 e. The SMILES string of the molecule is C=CCCNC(C)(CN)Cc1ccc(Cl)cc1. The lowest BCUT2D eigenvalue weighted by molar-refractivity contribution is 0.365. The van der Waals surface area contributed by atoms with E-state index in [0.29, 0.717) is 6.54 Å². The Labute approximate surface area is 109 Å². The Bertz CT molecular complexity index is 348. The van der Waals surface area contributed by atoms with Crippen LogP contribution in [0.25, 0.3) is 0 Å². The Morgan fingerprint density at radius 1 is 1.41 bits per heavy atom. The molecule has 0 spiro atoms. The Morgan fingerprint density at radius 2 is 2.06 bits per heavy atom. The fourth-order valence-corrected chi connectivity index (χ4v) is 1.86. The molecular formula is C14H21ClN2. The predicted molar refractivity (Wildman–Crippen MR) is 75.4 cm³/mol. The van der Waals surface area contributed by atoms with E-state index < -0.39 is 0 Å². The molecule has 94 valence electrons. The zero-order valence-electron chi connectivity index (χ0n) is 10.4. The number of halogens is 1. The van der Waals surface area contributed by atoms with Crippen molar-refractivity contribution in [3.63, 3.8) is 0 Å². The van der Waals surface area contributed by atoms with Crippen LogP contribution in [0.1, 0.15) is 18.9 Å². The zero-order chi connectivity index (χ0) is 12.7. The average Bonchev–Trinajstić information content (AvgIpc) is 2.33. The van der Waals surface area contributed by atoms with E-state index in [0.717, 1.165) is 24.4 Å². The Kier molecular flexibility index (Phi) is 5.69. The van der Waals surface area contributed by atoms with Crippen LogP contribution in [0.15, 0.2) is 36.9 Å². The summed E-state index contributed by atoms with van der Waals surface area (Å²) in [5.74, 6) is 0. The van der Waals surface area contributed by atoms with Crippen LogP contribution < -0.4 is 11.1 Å². The first-order valence-corrected chi connectivity index (χ1v) is 6.28. The number of hydrogen-bond donors (Lipinski definition) is 2. The molecule has 0 aliphatic rings. The molecule has 1 unspecified atom stereocenters. The quantitative estimate of drug-likeness (QED) is 0.579. The molecule has 1 aromatic carbocycles. The highest BCUT2D eigenvalue weighted by atomic mass is 35.5. The molecule has 3 N–H and O–H groups in total. The van der Waals surface area contributed by atoms with Gasteiger partial charge in [0.05, 0.1) is 0 Å². The number of hydrogen-bond acceptors (Lipinski definition) is 2. The number of nitrogens with two attached hydrogens (primary N) is 1. The van der Waals surface area contributed by atoms with Crippen molar-refractivity contribution < 1.29 is 0 Å². The van der Waals surface area contributed by atoms with Crippen molar-refractivity contribution in [2.24, 2.45) is 5.73 Å². The van der Waals surface area contributed by atoms with E-state index in [1.165, 1.54) is 5.56 Å². The highest BCUT2D eigenvalue weighted by Gasteiger charge is 2.21. The zero-order valence-corrected chi connectivity index (χ0v) is 11.1. The van der Waals surface area contributed by atoms with E-state index in [4.69, 9.17) is 17.3 Å². The van der Waals surface area contributed by atoms with Crippen molar-refractivity contribution >= 4 is 11.6 Å². The minimum absolute atomic E-state index is 0.0726. The van der Waals surface area contributed by atoms with Crippen LogP contribution in [0.4, 0.5) is 0 Å². The van der Waals surface area contributed by atoms with Gasteiger partial charge in [-0.05, 0) is 44.0 Å². The summed E-state index contributed by atoms with van der Waals surface area (Å²) in [5, 5.41) is 4.25. The molecule has 0 saturated heterocycles. The van der Waals surface area contributed by atoms with Crippen molar-refractivity contribution in [3.05, 3.63) is 47.5 Å². The van der Waals surface area contributed by atoms with E-state index in [1.54, 1.807) is 0 Å². The highest BCUT2D eigenvalue weighted by Crippen LogP contribution is 2.15. The lowest BCUT2D eigenvalue weighted by Gasteiger charge is -2.29. The highest BCUT2D eigenvalue weighted by molar-refractivity contribution is 6.30. The average molecular weight is 253 g/mol. The summed E-state index contributed by atoms with van der Waals surface area (Å²) in [6, 6.07) is 7.92. The van der Waals surface area contributed by atoms with Gasteiger partial charge >= 0.3 is 0 Å². The van der Waals surface area contributed by atoms with Crippen molar-refractivity contribution in [2.75, 3.05) is 13.1 Å². The van der Waals surface area contributed by atoms with Crippen LogP contribution in [0.5, 0.6) is 0 Å². The maximum Gasteiger partial charge on any atom is 0.0406 e. The van der Waals surface area contributed by atoms with Crippen LogP contribution in [0.2, 0.25) is 5.02 Å². The first-order chi connectivity index (χ1) is 8.09. The lowest BCUT2D eigenvalue weighted by atomic mass is 9.92. The van der Waals surface area contributed by atoms with Crippen LogP contribution in [-0.4, -0.2) is 18.6 Å². The van der Waals surface area contributed by atoms with Gasteiger partial charge in [-0.2, -0.15) is 0 Å². The Balaban J connectivity index is 2.60. The van der Waals surface area contributed by atoms with Gasteiger partial charge < -0.3 is 11.1 Å². The van der Waals surface area contributed by atoms with E-state index in [1.807, 2.05) is 30.3 Å². The van der Waals surface area contributed by atoms with E-state index in [2.05, 4.69) is 18.8 Å². The van der Waals surface area contributed by atoms with E-state index in [9.17, 15) is 0 Å². The van der Waals surface area contributed by atoms with Gasteiger partial charge in [0, 0.05) is 17.1 Å². The molecular weight excluding hydrogens is 232 g/mol. The molecule has 2 nitrogen and oxygen atoms in total. The van der Waals surface area contributed by atoms with Crippen LogP contribution in [-0.2, 0) is 6.42 Å². The third-order valence-electron chi connectivity index (χ3n) is 2.86. The molecule has 1 atom stereocenters. The lowest BCUT2D eigenvalue weighted by Crippen LogP contribution is -2.50. The van der Waals surface area contributed by atoms with Gasteiger partial charge in [0.25, 0.3) is 0 Å². The van der Waals surface area contributed by atoms with Gasteiger partial charge in [-0.3, -0.25) is 0 Å². The first kappa shape index (κ1) is 14.2. The number of nitrogens with one attached hydrogen (secondary N) is 1.